The third-order valence-electron chi connectivity index (χ3n) is 3.21. The van der Waals surface area contributed by atoms with Crippen LogP contribution in [0.15, 0.2) is 18.2 Å². The summed E-state index contributed by atoms with van der Waals surface area (Å²) in [5, 5.41) is -0.323. The molecule has 1 amide bonds. The Kier molecular flexibility index (Phi) is 4.23. The minimum absolute atomic E-state index is 0.0339. The topological polar surface area (TPSA) is 20.3 Å². The molecular weight excluding hydrogens is 266 g/mol. The zero-order chi connectivity index (χ0) is 13.3. The first-order valence-electron chi connectivity index (χ1n) is 6.14. The number of carbonyl (C=O) groups excluding carboxylic acids is 1. The van der Waals surface area contributed by atoms with Gasteiger partial charge in [-0.05, 0) is 31.9 Å². The molecule has 0 aromatic heterocycles. The van der Waals surface area contributed by atoms with Gasteiger partial charge in [0.1, 0.15) is 10.8 Å². The molecule has 1 aromatic rings. The second-order valence-electron chi connectivity index (χ2n) is 4.73. The maximum Gasteiger partial charge on any atom is 0.241 e. The van der Waals surface area contributed by atoms with Crippen molar-refractivity contribution in [2.24, 2.45) is 0 Å². The lowest BCUT2D eigenvalue weighted by molar-refractivity contribution is -0.130. The molecule has 0 spiro atoms. The average Bonchev–Trinajstić information content (AvgIpc) is 2.76. The highest BCUT2D eigenvalue weighted by atomic mass is 35.5. The molecule has 1 heterocycles. The second kappa shape index (κ2) is 5.54. The molecule has 0 radical (unpaired) electrons. The molecule has 1 aliphatic rings. The number of halogens is 1. The summed E-state index contributed by atoms with van der Waals surface area (Å²) >= 11 is 7.74. The van der Waals surface area contributed by atoms with E-state index >= 15 is 0 Å². The first kappa shape index (κ1) is 13.8. The maximum absolute atomic E-state index is 12.1. The Bertz CT molecular complexity index is 461. The van der Waals surface area contributed by atoms with E-state index in [4.69, 9.17) is 11.6 Å². The fraction of sp³-hybridized carbons (Fsp3) is 0.500. The molecule has 18 heavy (non-hydrogen) atoms. The third-order valence-corrected chi connectivity index (χ3v) is 4.63. The summed E-state index contributed by atoms with van der Waals surface area (Å²) in [6, 6.07) is 6.40. The lowest BCUT2D eigenvalue weighted by Gasteiger charge is -2.26. The van der Waals surface area contributed by atoms with Crippen molar-refractivity contribution in [1.29, 1.82) is 0 Å². The van der Waals surface area contributed by atoms with E-state index in [1.807, 2.05) is 16.7 Å². The van der Waals surface area contributed by atoms with Gasteiger partial charge in [-0.25, -0.2) is 0 Å². The number of thioether (sulfide) groups is 1. The Labute approximate surface area is 118 Å². The SMILES string of the molecule is Cc1ccc(C2SCCN2C(=O)C(C)Cl)c(C)c1. The van der Waals surface area contributed by atoms with E-state index in [1.54, 1.807) is 6.92 Å². The van der Waals surface area contributed by atoms with Gasteiger partial charge >= 0.3 is 0 Å². The third kappa shape index (κ3) is 2.67. The van der Waals surface area contributed by atoms with Crippen molar-refractivity contribution in [3.63, 3.8) is 0 Å². The van der Waals surface area contributed by atoms with Gasteiger partial charge in [0, 0.05) is 12.3 Å². The Balaban J connectivity index is 2.29. The average molecular weight is 284 g/mol. The predicted octanol–water partition coefficient (Wildman–Crippen LogP) is 3.50. The van der Waals surface area contributed by atoms with Gasteiger partial charge in [-0.1, -0.05) is 23.8 Å². The smallest absolute Gasteiger partial charge is 0.241 e. The number of rotatable bonds is 2. The van der Waals surface area contributed by atoms with E-state index in [9.17, 15) is 4.79 Å². The summed E-state index contributed by atoms with van der Waals surface area (Å²) in [6.07, 6.45) is 0. The Morgan fingerprint density at radius 3 is 2.83 bits per heavy atom. The van der Waals surface area contributed by atoms with Crippen LogP contribution in [-0.2, 0) is 4.79 Å². The van der Waals surface area contributed by atoms with Gasteiger partial charge < -0.3 is 4.90 Å². The minimum Gasteiger partial charge on any atom is -0.324 e. The first-order valence-corrected chi connectivity index (χ1v) is 7.62. The van der Waals surface area contributed by atoms with Crippen LogP contribution in [-0.4, -0.2) is 28.5 Å². The van der Waals surface area contributed by atoms with Crippen molar-refractivity contribution in [2.45, 2.75) is 31.5 Å². The van der Waals surface area contributed by atoms with Crippen LogP contribution in [0.3, 0.4) is 0 Å². The molecule has 0 saturated carbocycles. The fourth-order valence-electron chi connectivity index (χ4n) is 2.28. The predicted molar refractivity (Wildman–Crippen MR) is 78.1 cm³/mol. The van der Waals surface area contributed by atoms with E-state index < -0.39 is 5.38 Å². The molecule has 1 aromatic carbocycles. The Morgan fingerprint density at radius 2 is 2.22 bits per heavy atom. The molecule has 2 unspecified atom stereocenters. The first-order chi connectivity index (χ1) is 8.50. The molecule has 1 fully saturated rings. The van der Waals surface area contributed by atoms with Gasteiger partial charge in [0.2, 0.25) is 5.91 Å². The van der Waals surface area contributed by atoms with Gasteiger partial charge in [0.15, 0.2) is 0 Å². The number of aryl methyl sites for hydroxylation is 2. The summed E-state index contributed by atoms with van der Waals surface area (Å²) < 4.78 is 0. The summed E-state index contributed by atoms with van der Waals surface area (Å²) in [6.45, 7) is 6.72. The Morgan fingerprint density at radius 1 is 1.50 bits per heavy atom. The van der Waals surface area contributed by atoms with Crippen LogP contribution in [0.1, 0.15) is 29.0 Å². The standard InChI is InChI=1S/C14H18ClNOS/c1-9-4-5-12(10(2)8-9)14-16(6-7-18-14)13(17)11(3)15/h4-5,8,11,14H,6-7H2,1-3H3. The van der Waals surface area contributed by atoms with Crippen molar-refractivity contribution in [3.8, 4) is 0 Å². The van der Waals surface area contributed by atoms with Crippen molar-refractivity contribution < 1.29 is 4.79 Å². The number of alkyl halides is 1. The van der Waals surface area contributed by atoms with Crippen LogP contribution in [0.25, 0.3) is 0 Å². The summed E-state index contributed by atoms with van der Waals surface area (Å²) in [5.74, 6) is 1.01. The van der Waals surface area contributed by atoms with Crippen molar-refractivity contribution in [2.75, 3.05) is 12.3 Å². The monoisotopic (exact) mass is 283 g/mol. The normalized spacial score (nSPS) is 21.1. The molecule has 0 aliphatic carbocycles. The highest BCUT2D eigenvalue weighted by Gasteiger charge is 2.33. The van der Waals surface area contributed by atoms with Gasteiger partial charge in [0.05, 0.1) is 0 Å². The molecule has 4 heteroatoms. The molecule has 1 aliphatic heterocycles. The number of carbonyl (C=O) groups is 1. The van der Waals surface area contributed by atoms with E-state index in [0.717, 1.165) is 12.3 Å². The fourth-order valence-corrected chi connectivity index (χ4v) is 3.77. The van der Waals surface area contributed by atoms with Gasteiger partial charge in [0.25, 0.3) is 0 Å². The van der Waals surface area contributed by atoms with Crippen LogP contribution in [0.4, 0.5) is 0 Å². The largest absolute Gasteiger partial charge is 0.324 e. The van der Waals surface area contributed by atoms with E-state index in [2.05, 4.69) is 32.0 Å². The van der Waals surface area contributed by atoms with Crippen molar-refractivity contribution in [1.82, 2.24) is 4.90 Å². The van der Waals surface area contributed by atoms with Crippen LogP contribution < -0.4 is 0 Å². The van der Waals surface area contributed by atoms with Crippen LogP contribution in [0.5, 0.6) is 0 Å². The van der Waals surface area contributed by atoms with Crippen LogP contribution in [0, 0.1) is 13.8 Å². The van der Waals surface area contributed by atoms with Crippen LogP contribution >= 0.6 is 23.4 Å². The molecule has 0 bridgehead atoms. The molecule has 2 rings (SSSR count). The minimum atomic E-state index is -0.447. The Hall–Kier alpha value is -0.670. The summed E-state index contributed by atoms with van der Waals surface area (Å²) in [4.78, 5) is 14.0. The lowest BCUT2D eigenvalue weighted by atomic mass is 10.0. The molecule has 2 atom stereocenters. The number of nitrogens with zero attached hydrogens (tertiary/aromatic N) is 1. The molecular formula is C14H18ClNOS. The van der Waals surface area contributed by atoms with Gasteiger partial charge in [-0.2, -0.15) is 0 Å². The van der Waals surface area contributed by atoms with Gasteiger partial charge in [-0.15, -0.1) is 23.4 Å². The highest BCUT2D eigenvalue weighted by molar-refractivity contribution is 7.99. The highest BCUT2D eigenvalue weighted by Crippen LogP contribution is 2.39. The second-order valence-corrected chi connectivity index (χ2v) is 6.57. The lowest BCUT2D eigenvalue weighted by Crippen LogP contribution is -2.35. The van der Waals surface area contributed by atoms with E-state index in [-0.39, 0.29) is 11.3 Å². The zero-order valence-corrected chi connectivity index (χ0v) is 12.5. The number of hydrogen-bond donors (Lipinski definition) is 0. The van der Waals surface area contributed by atoms with E-state index in [0.29, 0.717) is 0 Å². The quantitative estimate of drug-likeness (QED) is 0.774. The molecule has 1 saturated heterocycles. The van der Waals surface area contributed by atoms with Gasteiger partial charge in [-0.3, -0.25) is 4.79 Å². The van der Waals surface area contributed by atoms with Crippen molar-refractivity contribution in [3.05, 3.63) is 34.9 Å². The molecule has 0 N–H and O–H groups in total. The molecule has 98 valence electrons. The number of amides is 1. The maximum atomic E-state index is 12.1. The van der Waals surface area contributed by atoms with E-state index in [1.165, 1.54) is 16.7 Å². The number of hydrogen-bond acceptors (Lipinski definition) is 2. The van der Waals surface area contributed by atoms with Crippen molar-refractivity contribution >= 4 is 29.3 Å². The van der Waals surface area contributed by atoms with Crippen LogP contribution in [0.2, 0.25) is 0 Å². The zero-order valence-electron chi connectivity index (χ0n) is 10.9. The summed E-state index contributed by atoms with van der Waals surface area (Å²) in [7, 11) is 0. The molecule has 2 nitrogen and oxygen atoms in total. The number of benzene rings is 1. The summed E-state index contributed by atoms with van der Waals surface area (Å²) in [5.41, 5.74) is 3.73.